The number of ether oxygens (including phenoxy) is 1. The lowest BCUT2D eigenvalue weighted by molar-refractivity contribution is -0.143. The van der Waals surface area contributed by atoms with E-state index >= 15 is 0 Å². The Morgan fingerprint density at radius 1 is 1.50 bits per heavy atom. The molecule has 0 aliphatic heterocycles. The molecule has 1 aromatic rings. The fourth-order valence-corrected chi connectivity index (χ4v) is 2.18. The highest BCUT2D eigenvalue weighted by Crippen LogP contribution is 2.27. The summed E-state index contributed by atoms with van der Waals surface area (Å²) in [5, 5.41) is 3.78. The minimum Gasteiger partial charge on any atom is -0.468 e. The third-order valence-electron chi connectivity index (χ3n) is 2.44. The molecule has 0 saturated heterocycles. The molecule has 0 fully saturated rings. The quantitative estimate of drug-likeness (QED) is 0.837. The van der Waals surface area contributed by atoms with Gasteiger partial charge in [-0.15, -0.1) is 0 Å². The number of carbonyl (C=O) groups is 1. The molecule has 1 unspecified atom stereocenters. The van der Waals surface area contributed by atoms with Gasteiger partial charge in [0.05, 0.1) is 7.11 Å². The molecule has 1 atom stereocenters. The molecule has 0 aromatic heterocycles. The zero-order chi connectivity index (χ0) is 13.7. The molecule has 1 rings (SSSR count). The maximum Gasteiger partial charge on any atom is 0.327 e. The number of carbonyl (C=O) groups excluding carboxylic acids is 1. The number of esters is 1. The van der Waals surface area contributed by atoms with Crippen LogP contribution in [-0.2, 0) is 9.53 Å². The summed E-state index contributed by atoms with van der Waals surface area (Å²) < 4.78 is 5.66. The van der Waals surface area contributed by atoms with Crippen molar-refractivity contribution in [2.24, 2.45) is 5.92 Å². The van der Waals surface area contributed by atoms with E-state index in [-0.39, 0.29) is 5.97 Å². The van der Waals surface area contributed by atoms with Gasteiger partial charge in [0.1, 0.15) is 6.04 Å². The number of halogens is 2. The summed E-state index contributed by atoms with van der Waals surface area (Å²) in [6.07, 6.45) is 0. The van der Waals surface area contributed by atoms with Crippen LogP contribution in [0.5, 0.6) is 0 Å². The van der Waals surface area contributed by atoms with Crippen LogP contribution < -0.4 is 5.32 Å². The Morgan fingerprint density at radius 3 is 2.72 bits per heavy atom. The smallest absolute Gasteiger partial charge is 0.327 e. The normalized spacial score (nSPS) is 12.6. The van der Waals surface area contributed by atoms with Gasteiger partial charge in [0.2, 0.25) is 0 Å². The minimum atomic E-state index is -0.509. The standard InChI is InChI=1S/C13H17BrClNO2/c1-8(2)7-16-12(13(17)18-3)10-6-9(15)4-5-11(10)14/h4-6,8,12,16H,7H2,1-3H3. The van der Waals surface area contributed by atoms with Crippen LogP contribution in [0, 0.1) is 5.92 Å². The molecule has 0 amide bonds. The second-order valence-electron chi connectivity index (χ2n) is 4.42. The summed E-state index contributed by atoms with van der Waals surface area (Å²) in [6.45, 7) is 4.88. The average molecular weight is 335 g/mol. The van der Waals surface area contributed by atoms with E-state index < -0.39 is 6.04 Å². The third-order valence-corrected chi connectivity index (χ3v) is 3.39. The molecule has 0 aliphatic carbocycles. The zero-order valence-electron chi connectivity index (χ0n) is 10.7. The molecule has 0 spiro atoms. The van der Waals surface area contributed by atoms with Crippen molar-refractivity contribution < 1.29 is 9.53 Å². The second kappa shape index (κ2) is 7.12. The highest BCUT2D eigenvalue weighted by atomic mass is 79.9. The molecule has 1 N–H and O–H groups in total. The van der Waals surface area contributed by atoms with Gasteiger partial charge >= 0.3 is 5.97 Å². The van der Waals surface area contributed by atoms with E-state index in [1.807, 2.05) is 6.07 Å². The summed E-state index contributed by atoms with van der Waals surface area (Å²) in [6, 6.07) is 4.85. The number of benzene rings is 1. The van der Waals surface area contributed by atoms with E-state index in [1.165, 1.54) is 7.11 Å². The van der Waals surface area contributed by atoms with Gasteiger partial charge in [-0.05, 0) is 36.2 Å². The molecule has 0 saturated carbocycles. The van der Waals surface area contributed by atoms with Crippen molar-refractivity contribution in [3.05, 3.63) is 33.3 Å². The Kier molecular flexibility index (Phi) is 6.12. The van der Waals surface area contributed by atoms with Gasteiger partial charge in [-0.1, -0.05) is 41.4 Å². The van der Waals surface area contributed by atoms with Gasteiger partial charge in [-0.25, -0.2) is 4.79 Å². The molecular formula is C13H17BrClNO2. The Labute approximate surface area is 121 Å². The average Bonchev–Trinajstić information content (AvgIpc) is 2.32. The number of hydrogen-bond acceptors (Lipinski definition) is 3. The van der Waals surface area contributed by atoms with Crippen molar-refractivity contribution in [2.45, 2.75) is 19.9 Å². The van der Waals surface area contributed by atoms with Crippen LogP contribution in [0.15, 0.2) is 22.7 Å². The fourth-order valence-electron chi connectivity index (χ4n) is 1.53. The van der Waals surface area contributed by atoms with Crippen molar-refractivity contribution in [1.29, 1.82) is 0 Å². The third kappa shape index (κ3) is 4.26. The van der Waals surface area contributed by atoms with Crippen molar-refractivity contribution in [1.82, 2.24) is 5.32 Å². The lowest BCUT2D eigenvalue weighted by Crippen LogP contribution is -2.32. The van der Waals surface area contributed by atoms with Crippen molar-refractivity contribution in [3.63, 3.8) is 0 Å². The molecule has 0 aliphatic rings. The van der Waals surface area contributed by atoms with Crippen molar-refractivity contribution in [3.8, 4) is 0 Å². The number of methoxy groups -OCH3 is 1. The molecular weight excluding hydrogens is 318 g/mol. The molecule has 1 aromatic carbocycles. The van der Waals surface area contributed by atoms with E-state index in [0.29, 0.717) is 10.9 Å². The molecule has 0 bridgehead atoms. The molecule has 5 heteroatoms. The second-order valence-corrected chi connectivity index (χ2v) is 5.71. The summed E-state index contributed by atoms with van der Waals surface area (Å²) >= 11 is 9.40. The number of rotatable bonds is 5. The summed E-state index contributed by atoms with van der Waals surface area (Å²) in [5.74, 6) is 0.119. The van der Waals surface area contributed by atoms with Gasteiger partial charge in [0.25, 0.3) is 0 Å². The Bertz CT molecular complexity index is 423. The molecule has 18 heavy (non-hydrogen) atoms. The lowest BCUT2D eigenvalue weighted by Gasteiger charge is -2.19. The van der Waals surface area contributed by atoms with Gasteiger partial charge in [0, 0.05) is 9.50 Å². The molecule has 100 valence electrons. The molecule has 0 radical (unpaired) electrons. The van der Waals surface area contributed by atoms with E-state index in [4.69, 9.17) is 16.3 Å². The predicted octanol–water partition coefficient (Wildman–Crippen LogP) is 3.56. The van der Waals surface area contributed by atoms with Gasteiger partial charge < -0.3 is 10.1 Å². The van der Waals surface area contributed by atoms with Crippen LogP contribution in [0.3, 0.4) is 0 Å². The Balaban J connectivity index is 3.01. The van der Waals surface area contributed by atoms with E-state index in [0.717, 1.165) is 16.6 Å². The summed E-state index contributed by atoms with van der Waals surface area (Å²) in [4.78, 5) is 11.8. The minimum absolute atomic E-state index is 0.321. The van der Waals surface area contributed by atoms with E-state index in [9.17, 15) is 4.79 Å². The van der Waals surface area contributed by atoms with Gasteiger partial charge in [0.15, 0.2) is 0 Å². The maximum atomic E-state index is 11.8. The van der Waals surface area contributed by atoms with E-state index in [1.54, 1.807) is 12.1 Å². The van der Waals surface area contributed by atoms with Crippen LogP contribution in [0.1, 0.15) is 25.5 Å². The van der Waals surface area contributed by atoms with Gasteiger partial charge in [-0.3, -0.25) is 0 Å². The van der Waals surface area contributed by atoms with Crippen molar-refractivity contribution >= 4 is 33.5 Å². The Hall–Kier alpha value is -0.580. The Morgan fingerprint density at radius 2 is 2.17 bits per heavy atom. The lowest BCUT2D eigenvalue weighted by atomic mass is 10.1. The highest BCUT2D eigenvalue weighted by molar-refractivity contribution is 9.10. The molecule has 0 heterocycles. The highest BCUT2D eigenvalue weighted by Gasteiger charge is 2.23. The van der Waals surface area contributed by atoms with Crippen molar-refractivity contribution in [2.75, 3.05) is 13.7 Å². The van der Waals surface area contributed by atoms with Gasteiger partial charge in [-0.2, -0.15) is 0 Å². The van der Waals surface area contributed by atoms with Crippen LogP contribution in [0.4, 0.5) is 0 Å². The monoisotopic (exact) mass is 333 g/mol. The predicted molar refractivity (Wildman–Crippen MR) is 76.7 cm³/mol. The maximum absolute atomic E-state index is 11.8. The fraction of sp³-hybridized carbons (Fsp3) is 0.462. The largest absolute Gasteiger partial charge is 0.468 e. The topological polar surface area (TPSA) is 38.3 Å². The summed E-state index contributed by atoms with van der Waals surface area (Å²) in [5.41, 5.74) is 0.787. The number of hydrogen-bond donors (Lipinski definition) is 1. The van der Waals surface area contributed by atoms with Crippen LogP contribution in [0.2, 0.25) is 5.02 Å². The first kappa shape index (κ1) is 15.5. The number of nitrogens with one attached hydrogen (secondary N) is 1. The van der Waals surface area contributed by atoms with E-state index in [2.05, 4.69) is 35.1 Å². The first-order chi connectivity index (χ1) is 8.45. The summed E-state index contributed by atoms with van der Waals surface area (Å²) in [7, 11) is 1.38. The first-order valence-electron chi connectivity index (χ1n) is 5.72. The SMILES string of the molecule is COC(=O)C(NCC(C)C)c1cc(Cl)ccc1Br. The van der Waals surface area contributed by atoms with Crippen LogP contribution >= 0.6 is 27.5 Å². The zero-order valence-corrected chi connectivity index (χ0v) is 13.0. The first-order valence-corrected chi connectivity index (χ1v) is 6.89. The van der Waals surface area contributed by atoms with Crippen LogP contribution in [-0.4, -0.2) is 19.6 Å². The molecule has 3 nitrogen and oxygen atoms in total. The van der Waals surface area contributed by atoms with Crippen LogP contribution in [0.25, 0.3) is 0 Å².